The Kier molecular flexibility index (Phi) is 8.01. The second-order valence-electron chi connectivity index (χ2n) is 8.01. The van der Waals surface area contributed by atoms with Gasteiger partial charge < -0.3 is 15.0 Å². The number of fused-ring (bicyclic) bond motifs is 1. The van der Waals surface area contributed by atoms with Gasteiger partial charge in [-0.25, -0.2) is 4.98 Å². The van der Waals surface area contributed by atoms with E-state index >= 15 is 0 Å². The fourth-order valence-corrected chi connectivity index (χ4v) is 3.87. The Morgan fingerprint density at radius 1 is 1.06 bits per heavy atom. The van der Waals surface area contributed by atoms with Gasteiger partial charge in [0, 0.05) is 23.4 Å². The van der Waals surface area contributed by atoms with Crippen molar-refractivity contribution in [3.8, 4) is 17.0 Å². The molecule has 164 valence electrons. The summed E-state index contributed by atoms with van der Waals surface area (Å²) >= 11 is 0. The Morgan fingerprint density at radius 2 is 1.77 bits per heavy atom. The van der Waals surface area contributed by atoms with Crippen LogP contribution in [0.15, 0.2) is 54.6 Å². The molecule has 0 saturated heterocycles. The quantitative estimate of drug-likeness (QED) is 0.527. The van der Waals surface area contributed by atoms with Gasteiger partial charge in [0.25, 0.3) is 5.91 Å². The average Bonchev–Trinajstić information content (AvgIpc) is 2.81. The number of carbonyl (C=O) groups is 1. The van der Waals surface area contributed by atoms with Crippen molar-refractivity contribution >= 4 is 16.8 Å². The Bertz CT molecular complexity index is 997. The zero-order chi connectivity index (χ0) is 22.2. The summed E-state index contributed by atoms with van der Waals surface area (Å²) in [6.07, 6.45) is 0. The van der Waals surface area contributed by atoms with E-state index in [-0.39, 0.29) is 5.91 Å². The van der Waals surface area contributed by atoms with Crippen molar-refractivity contribution in [2.75, 3.05) is 32.8 Å². The van der Waals surface area contributed by atoms with Crippen LogP contribution in [-0.4, -0.2) is 43.7 Å². The van der Waals surface area contributed by atoms with Crippen LogP contribution in [-0.2, 0) is 0 Å². The molecule has 2 aromatic carbocycles. The van der Waals surface area contributed by atoms with Gasteiger partial charge in [-0.3, -0.25) is 4.79 Å². The molecule has 1 heterocycles. The van der Waals surface area contributed by atoms with Crippen LogP contribution < -0.4 is 15.0 Å². The molecule has 1 aromatic heterocycles. The minimum absolute atomic E-state index is 0.0489. The van der Waals surface area contributed by atoms with Gasteiger partial charge in [-0.05, 0) is 57.2 Å². The smallest absolute Gasteiger partial charge is 0.252 e. The van der Waals surface area contributed by atoms with Gasteiger partial charge >= 0.3 is 0 Å². The van der Waals surface area contributed by atoms with E-state index in [4.69, 9.17) is 9.72 Å². The van der Waals surface area contributed by atoms with Crippen LogP contribution in [0.1, 0.15) is 38.1 Å². The molecule has 2 N–H and O–H groups in total. The number of nitrogens with zero attached hydrogens (tertiary/aromatic N) is 1. The highest BCUT2D eigenvalue weighted by Crippen LogP contribution is 2.26. The highest BCUT2D eigenvalue weighted by atomic mass is 16.5. The molecule has 0 aliphatic rings. The molecule has 3 rings (SSSR count). The van der Waals surface area contributed by atoms with Crippen LogP contribution in [0.25, 0.3) is 22.2 Å². The van der Waals surface area contributed by atoms with Crippen molar-refractivity contribution in [1.82, 2.24) is 10.3 Å². The largest absolute Gasteiger partial charge is 0.494 e. The summed E-state index contributed by atoms with van der Waals surface area (Å²) in [5.74, 6) is 1.19. The van der Waals surface area contributed by atoms with Crippen LogP contribution in [0.3, 0.4) is 0 Å². The van der Waals surface area contributed by atoms with E-state index in [1.54, 1.807) is 4.90 Å². The molecule has 0 bridgehead atoms. The van der Waals surface area contributed by atoms with Crippen molar-refractivity contribution < 1.29 is 14.4 Å². The van der Waals surface area contributed by atoms with E-state index in [1.807, 2.05) is 61.5 Å². The summed E-state index contributed by atoms with van der Waals surface area (Å²) in [6.45, 7) is 13.1. The number of quaternary nitrogens is 1. The van der Waals surface area contributed by atoms with E-state index in [1.165, 1.54) is 0 Å². The predicted octanol–water partition coefficient (Wildman–Crippen LogP) is 3.59. The molecule has 1 amide bonds. The van der Waals surface area contributed by atoms with Crippen LogP contribution in [0.2, 0.25) is 0 Å². The minimum Gasteiger partial charge on any atom is -0.494 e. The highest BCUT2D eigenvalue weighted by Gasteiger charge is 2.16. The van der Waals surface area contributed by atoms with Crippen LogP contribution in [0.5, 0.6) is 5.75 Å². The molecule has 5 nitrogen and oxygen atoms in total. The number of ether oxygens (including phenoxy) is 1. The molecule has 5 heteroatoms. The lowest BCUT2D eigenvalue weighted by Gasteiger charge is -2.20. The van der Waals surface area contributed by atoms with Gasteiger partial charge in [-0.2, -0.15) is 0 Å². The third-order valence-electron chi connectivity index (χ3n) is 5.67. The summed E-state index contributed by atoms with van der Waals surface area (Å²) in [5.41, 5.74) is 3.23. The zero-order valence-corrected chi connectivity index (χ0v) is 19.1. The Labute approximate surface area is 185 Å². The number of amides is 1. The number of benzene rings is 2. The second-order valence-corrected chi connectivity index (χ2v) is 8.01. The average molecular weight is 421 g/mol. The first-order valence-corrected chi connectivity index (χ1v) is 11.3. The monoisotopic (exact) mass is 420 g/mol. The summed E-state index contributed by atoms with van der Waals surface area (Å²) < 4.78 is 5.54. The molecule has 1 unspecified atom stereocenters. The number of nitrogens with one attached hydrogen (secondary N) is 2. The molecule has 0 spiro atoms. The van der Waals surface area contributed by atoms with Gasteiger partial charge in [0.05, 0.1) is 43.0 Å². The maximum absolute atomic E-state index is 13.1. The Balaban J connectivity index is 1.84. The number of carbonyl (C=O) groups excluding carboxylic acids is 1. The van der Waals surface area contributed by atoms with Crippen LogP contribution in [0, 0.1) is 5.92 Å². The SMILES string of the molecule is CCOc1ccc(-c2cc(C(=O)NCC(C)C[NH+](CC)CC)c3ccccc3n2)cc1. The lowest BCUT2D eigenvalue weighted by molar-refractivity contribution is -0.899. The standard InChI is InChI=1S/C26H33N3O2/c1-5-29(6-2)18-19(4)17-27-26(30)23-16-25(28-24-11-9-8-10-22(23)24)20-12-14-21(15-13-20)31-7-3/h8-16,19H,5-7,17-18H2,1-4H3,(H,27,30)/p+1. The summed E-state index contributed by atoms with van der Waals surface area (Å²) in [7, 11) is 0. The van der Waals surface area contributed by atoms with Gasteiger partial charge in [0.15, 0.2) is 0 Å². The first-order valence-electron chi connectivity index (χ1n) is 11.3. The van der Waals surface area contributed by atoms with Gasteiger partial charge in [-0.1, -0.05) is 25.1 Å². The fourth-order valence-electron chi connectivity index (χ4n) is 3.87. The molecular formula is C26H34N3O2+. The number of para-hydroxylation sites is 1. The molecule has 0 fully saturated rings. The van der Waals surface area contributed by atoms with Gasteiger partial charge in [0.1, 0.15) is 5.75 Å². The number of pyridine rings is 1. The highest BCUT2D eigenvalue weighted by molar-refractivity contribution is 6.07. The van der Waals surface area contributed by atoms with E-state index in [9.17, 15) is 4.79 Å². The molecule has 0 saturated carbocycles. The third kappa shape index (κ3) is 5.82. The second kappa shape index (κ2) is 10.9. The maximum atomic E-state index is 13.1. The van der Waals surface area contributed by atoms with Crippen molar-refractivity contribution in [3.63, 3.8) is 0 Å². The first kappa shape index (κ1) is 22.8. The molecule has 1 atom stereocenters. The predicted molar refractivity (Wildman–Crippen MR) is 127 cm³/mol. The number of rotatable bonds is 10. The van der Waals surface area contributed by atoms with Gasteiger partial charge in [-0.15, -0.1) is 0 Å². The zero-order valence-electron chi connectivity index (χ0n) is 19.1. The molecule has 3 aromatic rings. The summed E-state index contributed by atoms with van der Waals surface area (Å²) in [4.78, 5) is 19.5. The molecule has 0 radical (unpaired) electrons. The fraction of sp³-hybridized carbons (Fsp3) is 0.385. The van der Waals surface area contributed by atoms with Crippen molar-refractivity contribution in [2.24, 2.45) is 5.92 Å². The third-order valence-corrected chi connectivity index (χ3v) is 5.67. The number of hydrogen-bond donors (Lipinski definition) is 2. The number of hydrogen-bond acceptors (Lipinski definition) is 3. The molecule has 31 heavy (non-hydrogen) atoms. The summed E-state index contributed by atoms with van der Waals surface area (Å²) in [6, 6.07) is 17.6. The first-order chi connectivity index (χ1) is 15.0. The van der Waals surface area contributed by atoms with Crippen molar-refractivity contribution in [1.29, 1.82) is 0 Å². The van der Waals surface area contributed by atoms with Crippen LogP contribution in [0.4, 0.5) is 0 Å². The van der Waals surface area contributed by atoms with E-state index in [0.717, 1.165) is 47.5 Å². The number of aromatic nitrogens is 1. The van der Waals surface area contributed by atoms with Crippen LogP contribution >= 0.6 is 0 Å². The van der Waals surface area contributed by atoms with E-state index in [2.05, 4.69) is 26.1 Å². The Morgan fingerprint density at radius 3 is 2.45 bits per heavy atom. The normalized spacial score (nSPS) is 12.2. The Hall–Kier alpha value is -2.92. The lowest BCUT2D eigenvalue weighted by Crippen LogP contribution is -3.12. The lowest BCUT2D eigenvalue weighted by atomic mass is 10.0. The molecule has 0 aliphatic heterocycles. The van der Waals surface area contributed by atoms with Gasteiger partial charge in [0.2, 0.25) is 0 Å². The molecule has 0 aliphatic carbocycles. The minimum atomic E-state index is -0.0489. The summed E-state index contributed by atoms with van der Waals surface area (Å²) in [5, 5.41) is 4.02. The van der Waals surface area contributed by atoms with E-state index < -0.39 is 0 Å². The van der Waals surface area contributed by atoms with Crippen molar-refractivity contribution in [3.05, 3.63) is 60.2 Å². The van der Waals surface area contributed by atoms with E-state index in [0.29, 0.717) is 24.6 Å². The van der Waals surface area contributed by atoms with Crippen molar-refractivity contribution in [2.45, 2.75) is 27.7 Å². The molecular weight excluding hydrogens is 386 g/mol. The topological polar surface area (TPSA) is 55.7 Å². The maximum Gasteiger partial charge on any atom is 0.252 e.